The van der Waals surface area contributed by atoms with E-state index < -0.39 is 22.9 Å². The van der Waals surface area contributed by atoms with E-state index in [9.17, 15) is 25.0 Å². The van der Waals surface area contributed by atoms with Crippen LogP contribution in [0, 0.1) is 21.4 Å². The van der Waals surface area contributed by atoms with E-state index in [1.807, 2.05) is 0 Å². The van der Waals surface area contributed by atoms with Crippen LogP contribution in [-0.4, -0.2) is 29.7 Å². The first-order valence-electron chi connectivity index (χ1n) is 8.75. The number of nitriles is 1. The third kappa shape index (κ3) is 5.09. The highest BCUT2D eigenvalue weighted by Gasteiger charge is 2.22. The molecule has 0 radical (unpaired) electrons. The molecule has 1 unspecified atom stereocenters. The number of hydrogen-bond acceptors (Lipinski definition) is 8. The maximum atomic E-state index is 12.3. The van der Waals surface area contributed by atoms with Gasteiger partial charge in [0.2, 0.25) is 6.79 Å². The molecular formula is C20H14ClN3O7. The molecule has 2 aromatic carbocycles. The Morgan fingerprint density at radius 2 is 2.03 bits per heavy atom. The number of carbonyl (C=O) groups excluding carboxylic acids is 2. The van der Waals surface area contributed by atoms with Crippen LogP contribution in [0.1, 0.15) is 12.5 Å². The van der Waals surface area contributed by atoms with E-state index in [1.165, 1.54) is 25.1 Å². The zero-order chi connectivity index (χ0) is 22.5. The van der Waals surface area contributed by atoms with Gasteiger partial charge in [-0.3, -0.25) is 14.9 Å². The summed E-state index contributed by atoms with van der Waals surface area (Å²) in [5.41, 5.74) is 0.0470. The van der Waals surface area contributed by atoms with E-state index in [0.29, 0.717) is 17.1 Å². The van der Waals surface area contributed by atoms with Crippen molar-refractivity contribution in [2.45, 2.75) is 13.0 Å². The highest BCUT2D eigenvalue weighted by atomic mass is 35.5. The minimum atomic E-state index is -1.27. The molecule has 10 nitrogen and oxygen atoms in total. The Morgan fingerprint density at radius 1 is 1.29 bits per heavy atom. The summed E-state index contributed by atoms with van der Waals surface area (Å²) >= 11 is 5.93. The number of carbonyl (C=O) groups is 2. The minimum absolute atomic E-state index is 0.0542. The number of rotatable bonds is 6. The Balaban J connectivity index is 1.66. The normalized spacial score (nSPS) is 13.1. The Kier molecular flexibility index (Phi) is 6.37. The summed E-state index contributed by atoms with van der Waals surface area (Å²) in [6.07, 6.45) is 0.0227. The van der Waals surface area contributed by atoms with Crippen LogP contribution in [0.3, 0.4) is 0 Å². The van der Waals surface area contributed by atoms with Gasteiger partial charge in [-0.25, -0.2) is 4.79 Å². The van der Waals surface area contributed by atoms with Crippen LogP contribution in [0.2, 0.25) is 5.02 Å². The van der Waals surface area contributed by atoms with Crippen LogP contribution in [0.5, 0.6) is 11.5 Å². The maximum absolute atomic E-state index is 12.3. The second-order valence-electron chi connectivity index (χ2n) is 6.24. The number of esters is 1. The summed E-state index contributed by atoms with van der Waals surface area (Å²) in [7, 11) is 0. The summed E-state index contributed by atoms with van der Waals surface area (Å²) in [4.78, 5) is 34.7. The van der Waals surface area contributed by atoms with E-state index >= 15 is 0 Å². The molecule has 0 bridgehead atoms. The van der Waals surface area contributed by atoms with Gasteiger partial charge in [-0.1, -0.05) is 17.7 Å². The Bertz CT molecular complexity index is 1140. The van der Waals surface area contributed by atoms with Gasteiger partial charge in [-0.05, 0) is 36.8 Å². The monoisotopic (exact) mass is 443 g/mol. The molecule has 0 saturated carbocycles. The van der Waals surface area contributed by atoms with E-state index in [4.69, 9.17) is 25.8 Å². The van der Waals surface area contributed by atoms with Crippen molar-refractivity contribution in [3.63, 3.8) is 0 Å². The van der Waals surface area contributed by atoms with Gasteiger partial charge in [0.05, 0.1) is 15.6 Å². The molecule has 158 valence electrons. The van der Waals surface area contributed by atoms with E-state index in [2.05, 4.69) is 5.32 Å². The van der Waals surface area contributed by atoms with Crippen LogP contribution >= 0.6 is 11.6 Å². The first-order chi connectivity index (χ1) is 14.8. The Morgan fingerprint density at radius 3 is 2.71 bits per heavy atom. The fourth-order valence-electron chi connectivity index (χ4n) is 2.54. The van der Waals surface area contributed by atoms with Crippen molar-refractivity contribution in [3.05, 3.63) is 62.7 Å². The van der Waals surface area contributed by atoms with Crippen LogP contribution in [0.25, 0.3) is 6.08 Å². The van der Waals surface area contributed by atoms with Gasteiger partial charge in [0.1, 0.15) is 11.6 Å². The zero-order valence-corrected chi connectivity index (χ0v) is 16.7. The zero-order valence-electron chi connectivity index (χ0n) is 16.0. The summed E-state index contributed by atoms with van der Waals surface area (Å²) in [5.74, 6) is -0.706. The van der Waals surface area contributed by atoms with Gasteiger partial charge in [0.25, 0.3) is 11.6 Å². The predicted octanol–water partition coefficient (Wildman–Crippen LogP) is 3.45. The SMILES string of the molecule is CC(OC(=O)C(C#N)=Cc1ccc2c(c1)OCO2)C(=O)Nc1ccc([N+](=O)[O-])cc1Cl. The van der Waals surface area contributed by atoms with Gasteiger partial charge >= 0.3 is 5.97 Å². The molecule has 2 aromatic rings. The van der Waals surface area contributed by atoms with Gasteiger partial charge in [0.15, 0.2) is 17.6 Å². The number of halogens is 1. The molecule has 3 rings (SSSR count). The number of nitro groups is 1. The average Bonchev–Trinajstić information content (AvgIpc) is 3.20. The quantitative estimate of drug-likeness (QED) is 0.235. The van der Waals surface area contributed by atoms with Crippen LogP contribution in [0.15, 0.2) is 42.0 Å². The lowest BCUT2D eigenvalue weighted by Crippen LogP contribution is -2.30. The lowest BCUT2D eigenvalue weighted by Gasteiger charge is -2.14. The number of fused-ring (bicyclic) bond motifs is 1. The molecule has 0 fully saturated rings. The molecule has 1 aliphatic heterocycles. The third-order valence-corrected chi connectivity index (χ3v) is 4.44. The molecule has 1 N–H and O–H groups in total. The number of benzene rings is 2. The topological polar surface area (TPSA) is 141 Å². The van der Waals surface area contributed by atoms with E-state index in [1.54, 1.807) is 24.3 Å². The number of nitrogens with one attached hydrogen (secondary N) is 1. The Hall–Kier alpha value is -4.10. The number of amides is 1. The van der Waals surface area contributed by atoms with Crippen molar-refractivity contribution >= 4 is 40.9 Å². The molecule has 1 heterocycles. The Labute approximate surface area is 180 Å². The highest BCUT2D eigenvalue weighted by molar-refractivity contribution is 6.34. The summed E-state index contributed by atoms with van der Waals surface area (Å²) in [5, 5.41) is 22.4. The molecular weight excluding hydrogens is 430 g/mol. The molecule has 11 heteroatoms. The lowest BCUT2D eigenvalue weighted by atomic mass is 10.1. The standard InChI is InChI=1S/C20H14ClN3O7/c1-11(19(25)23-16-4-3-14(24(27)28)8-15(16)21)31-20(26)13(9-22)6-12-2-5-17-18(7-12)30-10-29-17/h2-8,11H,10H2,1H3,(H,23,25). The summed E-state index contributed by atoms with van der Waals surface area (Å²) in [6.45, 7) is 1.39. The second-order valence-corrected chi connectivity index (χ2v) is 6.65. The van der Waals surface area contributed by atoms with Crippen molar-refractivity contribution in [2.24, 2.45) is 0 Å². The molecule has 0 aliphatic carbocycles. The highest BCUT2D eigenvalue weighted by Crippen LogP contribution is 2.33. The van der Waals surface area contributed by atoms with Crippen LogP contribution in [-0.2, 0) is 14.3 Å². The fraction of sp³-hybridized carbons (Fsp3) is 0.150. The van der Waals surface area contributed by atoms with Crippen LogP contribution < -0.4 is 14.8 Å². The van der Waals surface area contributed by atoms with Gasteiger partial charge in [-0.2, -0.15) is 5.26 Å². The second kappa shape index (κ2) is 9.15. The van der Waals surface area contributed by atoms with Crippen molar-refractivity contribution in [1.82, 2.24) is 0 Å². The largest absolute Gasteiger partial charge is 0.454 e. The summed E-state index contributed by atoms with van der Waals surface area (Å²) < 4.78 is 15.5. The van der Waals surface area contributed by atoms with Crippen molar-refractivity contribution < 1.29 is 28.7 Å². The maximum Gasteiger partial charge on any atom is 0.349 e. The minimum Gasteiger partial charge on any atom is -0.454 e. The molecule has 0 aromatic heterocycles. The van der Waals surface area contributed by atoms with E-state index in [0.717, 1.165) is 6.07 Å². The van der Waals surface area contributed by atoms with Gasteiger partial charge < -0.3 is 19.5 Å². The lowest BCUT2D eigenvalue weighted by molar-refractivity contribution is -0.384. The number of non-ortho nitro benzene ring substituents is 1. The molecule has 1 atom stereocenters. The predicted molar refractivity (Wildman–Crippen MR) is 108 cm³/mol. The molecule has 1 aliphatic rings. The van der Waals surface area contributed by atoms with Gasteiger partial charge in [0, 0.05) is 12.1 Å². The smallest absolute Gasteiger partial charge is 0.349 e. The van der Waals surface area contributed by atoms with Crippen molar-refractivity contribution in [1.29, 1.82) is 5.26 Å². The third-order valence-electron chi connectivity index (χ3n) is 4.12. The number of nitro benzene ring substituents is 1. The number of ether oxygens (including phenoxy) is 3. The molecule has 1 amide bonds. The van der Waals surface area contributed by atoms with E-state index in [-0.39, 0.29) is 28.8 Å². The van der Waals surface area contributed by atoms with Crippen molar-refractivity contribution in [2.75, 3.05) is 12.1 Å². The van der Waals surface area contributed by atoms with Crippen molar-refractivity contribution in [3.8, 4) is 17.6 Å². The number of anilines is 1. The van der Waals surface area contributed by atoms with Gasteiger partial charge in [-0.15, -0.1) is 0 Å². The fourth-order valence-corrected chi connectivity index (χ4v) is 2.76. The first-order valence-corrected chi connectivity index (χ1v) is 9.13. The van der Waals surface area contributed by atoms with Crippen LogP contribution in [0.4, 0.5) is 11.4 Å². The number of hydrogen-bond donors (Lipinski definition) is 1. The number of nitrogens with zero attached hydrogens (tertiary/aromatic N) is 2. The molecule has 0 saturated heterocycles. The molecule has 0 spiro atoms. The summed E-state index contributed by atoms with van der Waals surface area (Å²) in [6, 6.07) is 10.1. The molecule has 31 heavy (non-hydrogen) atoms. The average molecular weight is 444 g/mol. The first kappa shape index (κ1) is 21.6.